The van der Waals surface area contributed by atoms with E-state index in [0.717, 1.165) is 90.1 Å². The molecule has 1 radical (unpaired) electrons. The zero-order chi connectivity index (χ0) is 45.5. The van der Waals surface area contributed by atoms with Crippen molar-refractivity contribution in [3.8, 4) is 50.7 Å². The minimum absolute atomic E-state index is 0. The topological polar surface area (TPSA) is 56.7 Å². The summed E-state index contributed by atoms with van der Waals surface area (Å²) in [5.41, 5.74) is 15.4. The smallest absolute Gasteiger partial charge is 0.216 e. The maximum atomic E-state index is 6.65. The molecular weight excluding hydrogens is 1050 g/mol. The van der Waals surface area contributed by atoms with E-state index in [-0.39, 0.29) is 25.5 Å². The number of para-hydroxylation sites is 2. The number of benzene rings is 6. The average molecular weight is 1100 g/mol. The van der Waals surface area contributed by atoms with Gasteiger partial charge in [-0.3, -0.25) is 4.98 Å². The fourth-order valence-electron chi connectivity index (χ4n) is 8.77. The van der Waals surface area contributed by atoms with Gasteiger partial charge in [-0.05, 0) is 52.9 Å². The minimum atomic E-state index is -1.86. The van der Waals surface area contributed by atoms with Gasteiger partial charge in [-0.2, -0.15) is 0 Å². The third-order valence-corrected chi connectivity index (χ3v) is 16.4. The number of fused-ring (bicyclic) bond motifs is 4. The molecule has 0 aliphatic carbocycles. The van der Waals surface area contributed by atoms with Crippen molar-refractivity contribution in [2.75, 3.05) is 0 Å². The number of hydrogen-bond donors (Lipinski definition) is 0. The van der Waals surface area contributed by atoms with E-state index in [9.17, 15) is 0 Å². The Morgan fingerprint density at radius 3 is 2.11 bits per heavy atom. The molecule has 4 heterocycles. The molecule has 5 nitrogen and oxygen atoms in total. The van der Waals surface area contributed by atoms with Gasteiger partial charge in [-0.25, -0.2) is 4.98 Å². The first kappa shape index (κ1) is 46.6. The molecule has 6 aromatic carbocycles. The van der Waals surface area contributed by atoms with E-state index in [2.05, 4.69) is 185 Å². The van der Waals surface area contributed by atoms with Crippen molar-refractivity contribution in [3.05, 3.63) is 187 Å². The number of rotatable bonds is 8. The number of imidazole rings is 1. The number of hydrogen-bond acceptors (Lipinski definition) is 4. The Morgan fingerprint density at radius 2 is 1.42 bits per heavy atom. The quantitative estimate of drug-likeness (QED) is 0.112. The predicted octanol–water partition coefficient (Wildman–Crippen LogP) is 15.0. The van der Waals surface area contributed by atoms with E-state index in [0.29, 0.717) is 11.6 Å². The second kappa shape index (κ2) is 19.1. The second-order valence-corrected chi connectivity index (χ2v) is 30.1. The summed E-state index contributed by atoms with van der Waals surface area (Å²) >= 11 is -1.86. The third kappa shape index (κ3) is 9.51. The van der Waals surface area contributed by atoms with Crippen molar-refractivity contribution in [1.29, 1.82) is 0 Å². The summed E-state index contributed by atoms with van der Waals surface area (Å²) in [6, 6.07) is 59.4. The van der Waals surface area contributed by atoms with Gasteiger partial charge in [0.05, 0.1) is 28.1 Å². The molecular formula is C59H56GeIrN4O-2. The number of furan rings is 1. The summed E-state index contributed by atoms with van der Waals surface area (Å²) < 4.78 is 10.5. The Hall–Kier alpha value is -5.92. The molecule has 66 heavy (non-hydrogen) atoms. The molecule has 10 aromatic rings. The van der Waals surface area contributed by atoms with Gasteiger partial charge in [0, 0.05) is 42.3 Å². The Balaban J connectivity index is 0.000000238. The number of pyridine rings is 2. The monoisotopic (exact) mass is 1100 g/mol. The molecule has 0 spiro atoms. The molecule has 0 aliphatic heterocycles. The molecule has 0 aliphatic rings. The van der Waals surface area contributed by atoms with Crippen LogP contribution in [-0.4, -0.2) is 32.8 Å². The van der Waals surface area contributed by atoms with Crippen molar-refractivity contribution in [1.82, 2.24) is 19.5 Å². The van der Waals surface area contributed by atoms with Crippen LogP contribution in [0.2, 0.25) is 17.3 Å². The van der Waals surface area contributed by atoms with Gasteiger partial charge in [0.25, 0.3) is 0 Å². The zero-order valence-corrected chi connectivity index (χ0v) is 43.8. The van der Waals surface area contributed by atoms with Crippen LogP contribution < -0.4 is 4.40 Å². The number of nitrogens with zero attached hydrogens (tertiary/aromatic N) is 4. The van der Waals surface area contributed by atoms with Crippen LogP contribution in [0, 0.1) is 25.0 Å². The van der Waals surface area contributed by atoms with Crippen LogP contribution in [0.15, 0.2) is 162 Å². The van der Waals surface area contributed by atoms with Crippen LogP contribution in [0.5, 0.6) is 0 Å². The molecule has 333 valence electrons. The first-order valence-electron chi connectivity index (χ1n) is 22.7. The fraction of sp³-hybridized carbons (Fsp3) is 0.203. The Kier molecular flexibility index (Phi) is 13.5. The van der Waals surface area contributed by atoms with Crippen molar-refractivity contribution in [3.63, 3.8) is 0 Å². The molecule has 0 unspecified atom stereocenters. The van der Waals surface area contributed by atoms with Crippen molar-refractivity contribution in [2.45, 2.75) is 70.6 Å². The van der Waals surface area contributed by atoms with Gasteiger partial charge in [0.15, 0.2) is 0 Å². The molecule has 0 atom stereocenters. The van der Waals surface area contributed by atoms with Gasteiger partial charge < -0.3 is 8.98 Å². The van der Waals surface area contributed by atoms with Crippen LogP contribution in [-0.2, 0) is 31.9 Å². The summed E-state index contributed by atoms with van der Waals surface area (Å²) in [4.78, 5) is 14.9. The normalized spacial score (nSPS) is 11.8. The zero-order valence-electron chi connectivity index (χ0n) is 39.3. The van der Waals surface area contributed by atoms with Crippen LogP contribution >= 0.6 is 0 Å². The maximum Gasteiger partial charge on any atom is 0.216 e. The number of aromatic nitrogens is 4. The van der Waals surface area contributed by atoms with Crippen molar-refractivity contribution >= 4 is 50.8 Å². The SMILES string of the molecule is CC(C)Cc1cc(-c2[c-]cccc2)nc[c]1[Ge]([CH3])([CH3])[CH3].Cc1c[c-]c(-c2nc3ccccc3n2-c2ccc(C(C)(C)C)cc2-c2ccccc2)c2oc3nc(-c4ccccc4)ccc3c12.[Ir]. The van der Waals surface area contributed by atoms with Gasteiger partial charge in [0.2, 0.25) is 5.71 Å². The third-order valence-electron chi connectivity index (χ3n) is 12.1. The number of aryl methyl sites for hydroxylation is 1. The van der Waals surface area contributed by atoms with E-state index >= 15 is 0 Å². The van der Waals surface area contributed by atoms with Gasteiger partial charge in [-0.1, -0.05) is 118 Å². The molecule has 4 aromatic heterocycles. The molecule has 0 saturated heterocycles. The molecule has 0 bridgehead atoms. The first-order valence-corrected chi connectivity index (χ1v) is 30.0. The van der Waals surface area contributed by atoms with Gasteiger partial charge in [-0.15, -0.1) is 17.7 Å². The van der Waals surface area contributed by atoms with Gasteiger partial charge >= 0.3 is 126 Å². The molecule has 0 N–H and O–H groups in total. The molecule has 0 amide bonds. The van der Waals surface area contributed by atoms with Crippen LogP contribution in [0.1, 0.15) is 51.3 Å². The second-order valence-electron chi connectivity index (χ2n) is 19.5. The van der Waals surface area contributed by atoms with E-state index in [4.69, 9.17) is 19.4 Å². The van der Waals surface area contributed by atoms with Crippen LogP contribution in [0.3, 0.4) is 0 Å². The predicted molar refractivity (Wildman–Crippen MR) is 275 cm³/mol. The molecule has 0 saturated carbocycles. The average Bonchev–Trinajstić information content (AvgIpc) is 3.89. The fourth-order valence-corrected chi connectivity index (χ4v) is 12.1. The van der Waals surface area contributed by atoms with Crippen molar-refractivity contribution < 1.29 is 24.5 Å². The molecule has 0 fully saturated rings. The summed E-state index contributed by atoms with van der Waals surface area (Å²) in [6.45, 7) is 13.4. The van der Waals surface area contributed by atoms with E-state index in [1.54, 1.807) is 4.40 Å². The van der Waals surface area contributed by atoms with Gasteiger partial charge in [0.1, 0.15) is 0 Å². The Labute approximate surface area is 406 Å². The largest absolute Gasteiger partial charge is 0.486 e. The van der Waals surface area contributed by atoms with Crippen molar-refractivity contribution in [2.24, 2.45) is 5.92 Å². The Bertz CT molecular complexity index is 3290. The van der Waals surface area contributed by atoms with E-state index < -0.39 is 13.3 Å². The summed E-state index contributed by atoms with van der Waals surface area (Å²) in [5, 5.41) is 2.02. The van der Waals surface area contributed by atoms with E-state index in [1.165, 1.54) is 11.1 Å². The van der Waals surface area contributed by atoms with E-state index in [1.807, 2.05) is 48.5 Å². The molecule has 10 rings (SSSR count). The van der Waals surface area contributed by atoms with Crippen LogP contribution in [0.4, 0.5) is 0 Å². The minimum Gasteiger partial charge on any atom is -0.486 e. The summed E-state index contributed by atoms with van der Waals surface area (Å²) in [5.74, 6) is 8.78. The Morgan fingerprint density at radius 1 is 0.727 bits per heavy atom. The first-order chi connectivity index (χ1) is 31.2. The summed E-state index contributed by atoms with van der Waals surface area (Å²) in [7, 11) is 0. The maximum absolute atomic E-state index is 6.65. The standard InChI is InChI=1S/C41H32N3O.C18H24GeN.Ir/c1-26-19-21-31(38-37(26)30-22-23-33(43-40(30)45-38)28-15-9-6-10-16-28)39-42-34-17-11-12-18-36(34)44(39)35-24-20-29(41(2,3)4)25-32(35)27-13-7-5-8-14-27;1-14(2)11-16-12-18(15-9-7-6-8-10-15)20-13-17(16)19(3,4)5;/h5-20,22-25H,1-4H3;6-9,12-14H,11H2,1-5H3;/q2*-1;. The van der Waals surface area contributed by atoms with Crippen LogP contribution in [0.25, 0.3) is 83.8 Å². The molecule has 7 heteroatoms. The summed E-state index contributed by atoms with van der Waals surface area (Å²) in [6.07, 6.45) is 3.27.